The quantitative estimate of drug-likeness (QED) is 0.574. The molecule has 3 fully saturated rings. The zero-order valence-corrected chi connectivity index (χ0v) is 19.5. The fraction of sp³-hybridized carbons (Fsp3) is 0.571. The number of ether oxygens (including phenoxy) is 2. The van der Waals surface area contributed by atoms with Crippen molar-refractivity contribution in [3.63, 3.8) is 0 Å². The lowest BCUT2D eigenvalue weighted by Crippen LogP contribution is -2.59. The highest BCUT2D eigenvalue weighted by molar-refractivity contribution is 5.43. The van der Waals surface area contributed by atoms with Crippen molar-refractivity contribution in [1.82, 2.24) is 9.80 Å². The SMILES string of the molecule is COc1ccc(CN2CCN3CCC[C@@H]3[C@H]2C2CCCCC2)cc1OCc1ccccc1. The van der Waals surface area contributed by atoms with Crippen molar-refractivity contribution >= 4 is 0 Å². The van der Waals surface area contributed by atoms with E-state index in [0.717, 1.165) is 30.0 Å². The zero-order chi connectivity index (χ0) is 21.8. The van der Waals surface area contributed by atoms with E-state index in [1.54, 1.807) is 7.11 Å². The normalized spacial score (nSPS) is 24.9. The number of piperazine rings is 1. The van der Waals surface area contributed by atoms with Gasteiger partial charge in [-0.05, 0) is 61.4 Å². The standard InChI is InChI=1S/C28H38N2O2/c1-31-26-15-14-23(19-27(26)32-21-22-9-4-2-5-10-22)20-30-18-17-29-16-8-13-25(29)28(30)24-11-6-3-7-12-24/h2,4-5,9-10,14-15,19,24-25,28H,3,6-8,11-13,16-18,20-21H2,1H3/t25-,28-/m1/s1. The molecule has 32 heavy (non-hydrogen) atoms. The summed E-state index contributed by atoms with van der Waals surface area (Å²) >= 11 is 0. The molecule has 4 heteroatoms. The second-order valence-corrected chi connectivity index (χ2v) is 9.86. The molecule has 4 nitrogen and oxygen atoms in total. The van der Waals surface area contributed by atoms with Gasteiger partial charge in [-0.25, -0.2) is 0 Å². The van der Waals surface area contributed by atoms with E-state index < -0.39 is 0 Å². The second-order valence-electron chi connectivity index (χ2n) is 9.86. The van der Waals surface area contributed by atoms with Crippen LogP contribution in [-0.4, -0.2) is 48.6 Å². The highest BCUT2D eigenvalue weighted by Gasteiger charge is 2.42. The van der Waals surface area contributed by atoms with E-state index in [1.165, 1.54) is 75.7 Å². The van der Waals surface area contributed by atoms with Crippen molar-refractivity contribution in [3.8, 4) is 11.5 Å². The molecule has 2 aliphatic heterocycles. The fourth-order valence-corrected chi connectivity index (χ4v) is 6.34. The van der Waals surface area contributed by atoms with Gasteiger partial charge in [0.1, 0.15) is 6.61 Å². The largest absolute Gasteiger partial charge is 0.493 e. The van der Waals surface area contributed by atoms with Crippen LogP contribution < -0.4 is 9.47 Å². The van der Waals surface area contributed by atoms with E-state index >= 15 is 0 Å². The number of hydrogen-bond acceptors (Lipinski definition) is 4. The number of nitrogens with zero attached hydrogens (tertiary/aromatic N) is 2. The van der Waals surface area contributed by atoms with Crippen LogP contribution >= 0.6 is 0 Å². The lowest BCUT2D eigenvalue weighted by molar-refractivity contribution is -0.00383. The molecule has 1 aliphatic carbocycles. The Morgan fingerprint density at radius 2 is 1.66 bits per heavy atom. The van der Waals surface area contributed by atoms with Crippen LogP contribution in [0.5, 0.6) is 11.5 Å². The van der Waals surface area contributed by atoms with Gasteiger partial charge in [0, 0.05) is 31.7 Å². The molecule has 172 valence electrons. The van der Waals surface area contributed by atoms with Gasteiger partial charge in [-0.3, -0.25) is 9.80 Å². The van der Waals surface area contributed by atoms with Gasteiger partial charge in [-0.2, -0.15) is 0 Å². The van der Waals surface area contributed by atoms with Crippen LogP contribution in [0.1, 0.15) is 56.1 Å². The Labute approximate surface area is 193 Å². The number of benzene rings is 2. The van der Waals surface area contributed by atoms with E-state index in [9.17, 15) is 0 Å². The van der Waals surface area contributed by atoms with Gasteiger partial charge >= 0.3 is 0 Å². The Balaban J connectivity index is 1.33. The summed E-state index contributed by atoms with van der Waals surface area (Å²) in [5.41, 5.74) is 2.51. The van der Waals surface area contributed by atoms with Crippen molar-refractivity contribution in [1.29, 1.82) is 0 Å². The first-order valence-electron chi connectivity index (χ1n) is 12.6. The van der Waals surface area contributed by atoms with E-state index in [0.29, 0.717) is 12.6 Å². The highest BCUT2D eigenvalue weighted by atomic mass is 16.5. The smallest absolute Gasteiger partial charge is 0.161 e. The molecule has 0 amide bonds. The molecular formula is C28H38N2O2. The third-order valence-corrected chi connectivity index (χ3v) is 7.89. The summed E-state index contributed by atoms with van der Waals surface area (Å²) in [5, 5.41) is 0. The molecule has 0 radical (unpaired) electrons. The van der Waals surface area contributed by atoms with Crippen molar-refractivity contribution in [3.05, 3.63) is 59.7 Å². The molecule has 2 saturated heterocycles. The third-order valence-electron chi connectivity index (χ3n) is 7.89. The van der Waals surface area contributed by atoms with Gasteiger partial charge in [0.25, 0.3) is 0 Å². The van der Waals surface area contributed by atoms with Crippen LogP contribution in [0.2, 0.25) is 0 Å². The Morgan fingerprint density at radius 3 is 2.47 bits per heavy atom. The molecule has 2 aromatic rings. The molecule has 3 aliphatic rings. The van der Waals surface area contributed by atoms with Gasteiger partial charge in [-0.1, -0.05) is 55.7 Å². The van der Waals surface area contributed by atoms with Crippen LogP contribution in [0.4, 0.5) is 0 Å². The van der Waals surface area contributed by atoms with Gasteiger partial charge in [-0.15, -0.1) is 0 Å². The Kier molecular flexibility index (Phi) is 6.99. The zero-order valence-electron chi connectivity index (χ0n) is 19.5. The Morgan fingerprint density at radius 1 is 0.812 bits per heavy atom. The minimum atomic E-state index is 0.562. The lowest BCUT2D eigenvalue weighted by Gasteiger charge is -2.49. The van der Waals surface area contributed by atoms with Gasteiger partial charge in [0.15, 0.2) is 11.5 Å². The summed E-state index contributed by atoms with van der Waals surface area (Å²) in [6.07, 6.45) is 9.86. The molecule has 0 aromatic heterocycles. The van der Waals surface area contributed by atoms with E-state index in [4.69, 9.17) is 9.47 Å². The predicted octanol–water partition coefficient (Wildman–Crippen LogP) is 5.50. The van der Waals surface area contributed by atoms with Gasteiger partial charge in [0.05, 0.1) is 7.11 Å². The van der Waals surface area contributed by atoms with Gasteiger partial charge in [0.2, 0.25) is 0 Å². The van der Waals surface area contributed by atoms with Crippen molar-refractivity contribution < 1.29 is 9.47 Å². The number of rotatable bonds is 7. The molecule has 0 N–H and O–H groups in total. The maximum absolute atomic E-state index is 6.20. The second kappa shape index (κ2) is 10.3. The summed E-state index contributed by atoms with van der Waals surface area (Å²) in [4.78, 5) is 5.60. The van der Waals surface area contributed by atoms with Crippen molar-refractivity contribution in [2.24, 2.45) is 5.92 Å². The van der Waals surface area contributed by atoms with Gasteiger partial charge < -0.3 is 9.47 Å². The predicted molar refractivity (Wildman–Crippen MR) is 129 cm³/mol. The summed E-state index contributed by atoms with van der Waals surface area (Å²) in [6.45, 7) is 5.29. The van der Waals surface area contributed by atoms with Crippen LogP contribution in [0.15, 0.2) is 48.5 Å². The minimum Gasteiger partial charge on any atom is -0.493 e. The molecule has 2 atom stereocenters. The maximum atomic E-state index is 6.20. The van der Waals surface area contributed by atoms with E-state index in [1.807, 2.05) is 6.07 Å². The molecule has 1 saturated carbocycles. The lowest BCUT2D eigenvalue weighted by atomic mass is 9.78. The topological polar surface area (TPSA) is 24.9 Å². The van der Waals surface area contributed by atoms with E-state index in [2.05, 4.69) is 52.3 Å². The summed E-state index contributed by atoms with van der Waals surface area (Å²) in [6, 6.07) is 18.4. The fourth-order valence-electron chi connectivity index (χ4n) is 6.34. The molecule has 0 bridgehead atoms. The molecular weight excluding hydrogens is 396 g/mol. The molecule has 0 unspecified atom stereocenters. The Hall–Kier alpha value is -2.04. The minimum absolute atomic E-state index is 0.562. The summed E-state index contributed by atoms with van der Waals surface area (Å²) in [7, 11) is 1.73. The highest BCUT2D eigenvalue weighted by Crippen LogP contribution is 2.38. The molecule has 2 aromatic carbocycles. The number of fused-ring (bicyclic) bond motifs is 1. The average molecular weight is 435 g/mol. The number of hydrogen-bond donors (Lipinski definition) is 0. The van der Waals surface area contributed by atoms with Crippen LogP contribution in [0.3, 0.4) is 0 Å². The van der Waals surface area contributed by atoms with Crippen molar-refractivity contribution in [2.45, 2.75) is 70.2 Å². The molecule has 5 rings (SSSR count). The van der Waals surface area contributed by atoms with E-state index in [-0.39, 0.29) is 0 Å². The molecule has 0 spiro atoms. The van der Waals surface area contributed by atoms with Crippen LogP contribution in [-0.2, 0) is 13.2 Å². The monoisotopic (exact) mass is 434 g/mol. The van der Waals surface area contributed by atoms with Crippen LogP contribution in [0, 0.1) is 5.92 Å². The van der Waals surface area contributed by atoms with Crippen molar-refractivity contribution in [2.75, 3.05) is 26.7 Å². The first-order chi connectivity index (χ1) is 15.8. The maximum Gasteiger partial charge on any atom is 0.161 e. The molecule has 2 heterocycles. The van der Waals surface area contributed by atoms with Crippen LogP contribution in [0.25, 0.3) is 0 Å². The summed E-state index contributed by atoms with van der Waals surface area (Å²) in [5.74, 6) is 2.53. The average Bonchev–Trinajstić information content (AvgIpc) is 3.33. The third kappa shape index (κ3) is 4.82. The Bertz CT molecular complexity index is 865. The first kappa shape index (κ1) is 21.8. The first-order valence-corrected chi connectivity index (χ1v) is 12.6. The summed E-state index contributed by atoms with van der Waals surface area (Å²) < 4.78 is 11.8. The number of methoxy groups -OCH3 is 1.